The third kappa shape index (κ3) is 3.74. The van der Waals surface area contributed by atoms with Crippen LogP contribution in [0.25, 0.3) is 16.5 Å². The van der Waals surface area contributed by atoms with Crippen molar-refractivity contribution in [2.75, 3.05) is 19.6 Å². The fraction of sp³-hybridized carbons (Fsp3) is 0.292. The van der Waals surface area contributed by atoms with Gasteiger partial charge in [-0.25, -0.2) is 8.42 Å². The molecule has 2 aliphatic rings. The largest absolute Gasteiger partial charge is 0.361 e. The zero-order valence-corrected chi connectivity index (χ0v) is 19.1. The lowest BCUT2D eigenvalue weighted by molar-refractivity contribution is -0.134. The van der Waals surface area contributed by atoms with Gasteiger partial charge in [0.2, 0.25) is 15.9 Å². The van der Waals surface area contributed by atoms with Crippen molar-refractivity contribution in [2.24, 2.45) is 0 Å². The number of H-pyrrole nitrogens is 1. The molecule has 1 fully saturated rings. The van der Waals surface area contributed by atoms with E-state index in [4.69, 9.17) is 11.6 Å². The summed E-state index contributed by atoms with van der Waals surface area (Å²) < 4.78 is 27.7. The zero-order chi connectivity index (χ0) is 22.3. The number of aromatic amines is 1. The van der Waals surface area contributed by atoms with Crippen molar-refractivity contribution in [3.63, 3.8) is 0 Å². The molecule has 1 amide bonds. The van der Waals surface area contributed by atoms with Crippen molar-refractivity contribution in [3.05, 3.63) is 71.4 Å². The summed E-state index contributed by atoms with van der Waals surface area (Å²) in [4.78, 5) is 18.6. The quantitative estimate of drug-likeness (QED) is 0.619. The molecule has 3 aromatic rings. The Bertz CT molecular complexity index is 1300. The maximum Gasteiger partial charge on any atom is 0.243 e. The summed E-state index contributed by atoms with van der Waals surface area (Å²) >= 11 is 5.91. The molecule has 5 rings (SSSR count). The first-order valence-electron chi connectivity index (χ1n) is 10.8. The molecule has 1 unspecified atom stereocenters. The monoisotopic (exact) mass is 469 g/mol. The summed E-state index contributed by atoms with van der Waals surface area (Å²) in [5.41, 5.74) is 3.47. The number of amides is 1. The first-order valence-corrected chi connectivity index (χ1v) is 12.6. The fourth-order valence-corrected chi connectivity index (χ4v) is 6.46. The van der Waals surface area contributed by atoms with E-state index in [2.05, 4.69) is 17.1 Å². The van der Waals surface area contributed by atoms with Crippen molar-refractivity contribution in [1.29, 1.82) is 0 Å². The van der Waals surface area contributed by atoms with Crippen LogP contribution < -0.4 is 0 Å². The van der Waals surface area contributed by atoms with E-state index in [0.717, 1.165) is 11.9 Å². The molecule has 8 heteroatoms. The van der Waals surface area contributed by atoms with Crippen LogP contribution in [-0.4, -0.2) is 54.2 Å². The first-order chi connectivity index (χ1) is 15.4. The molecule has 6 nitrogen and oxygen atoms in total. The Kier molecular flexibility index (Phi) is 5.57. The smallest absolute Gasteiger partial charge is 0.243 e. The van der Waals surface area contributed by atoms with E-state index in [1.165, 1.54) is 33.0 Å². The molecule has 0 spiro atoms. The van der Waals surface area contributed by atoms with E-state index in [1.54, 1.807) is 17.0 Å². The zero-order valence-electron chi connectivity index (χ0n) is 17.5. The van der Waals surface area contributed by atoms with Gasteiger partial charge in [-0.15, -0.1) is 0 Å². The molecule has 1 N–H and O–H groups in total. The Labute approximate surface area is 192 Å². The molecule has 32 heavy (non-hydrogen) atoms. The second-order valence-electron chi connectivity index (χ2n) is 8.24. The molecule has 166 valence electrons. The standard InChI is InChI=1S/C24H24ClN3O3S/c25-18-7-9-19(10-8-18)32(30,31)28-13-3-6-23(28)24(29)27-14-11-17(12-15-27)21-16-26-22-5-2-1-4-20(21)22/h1-2,4-5,7-11,16,23,26H,3,6,12-15H2. The van der Waals surface area contributed by atoms with Crippen LogP contribution >= 0.6 is 11.6 Å². The van der Waals surface area contributed by atoms with Crippen LogP contribution in [0, 0.1) is 0 Å². The summed E-state index contributed by atoms with van der Waals surface area (Å²) in [6.07, 6.45) is 6.06. The molecule has 1 atom stereocenters. The number of sulfonamides is 1. The highest BCUT2D eigenvalue weighted by Gasteiger charge is 2.41. The molecule has 3 heterocycles. The van der Waals surface area contributed by atoms with Crippen LogP contribution in [0.3, 0.4) is 0 Å². The van der Waals surface area contributed by atoms with Gasteiger partial charge in [-0.05, 0) is 55.2 Å². The number of nitrogens with one attached hydrogen (secondary N) is 1. The highest BCUT2D eigenvalue weighted by molar-refractivity contribution is 7.89. The molecule has 1 saturated heterocycles. The minimum absolute atomic E-state index is 0.116. The van der Waals surface area contributed by atoms with Crippen LogP contribution in [0.4, 0.5) is 0 Å². The topological polar surface area (TPSA) is 73.5 Å². The third-order valence-electron chi connectivity index (χ3n) is 6.36. The van der Waals surface area contributed by atoms with E-state index >= 15 is 0 Å². The van der Waals surface area contributed by atoms with Crippen LogP contribution in [0.5, 0.6) is 0 Å². The third-order valence-corrected chi connectivity index (χ3v) is 8.54. The summed E-state index contributed by atoms with van der Waals surface area (Å²) in [6.45, 7) is 1.42. The maximum absolute atomic E-state index is 13.3. The Morgan fingerprint density at radius 3 is 2.59 bits per heavy atom. The number of carbonyl (C=O) groups is 1. The van der Waals surface area contributed by atoms with Gasteiger partial charge in [0.25, 0.3) is 0 Å². The van der Waals surface area contributed by atoms with E-state index in [-0.39, 0.29) is 10.8 Å². The Balaban J connectivity index is 1.34. The van der Waals surface area contributed by atoms with Crippen molar-refractivity contribution >= 4 is 44.0 Å². The predicted octanol–water partition coefficient (Wildman–Crippen LogP) is 4.29. The number of para-hydroxylation sites is 1. The fourth-order valence-electron chi connectivity index (χ4n) is 4.68. The number of halogens is 1. The van der Waals surface area contributed by atoms with Crippen LogP contribution in [-0.2, 0) is 14.8 Å². The number of fused-ring (bicyclic) bond motifs is 1. The normalized spacial score (nSPS) is 20.0. The molecule has 2 aliphatic heterocycles. The molecule has 0 bridgehead atoms. The maximum atomic E-state index is 13.3. The summed E-state index contributed by atoms with van der Waals surface area (Å²) in [5, 5.41) is 1.65. The number of hydrogen-bond acceptors (Lipinski definition) is 3. The lowest BCUT2D eigenvalue weighted by Gasteiger charge is -2.32. The van der Waals surface area contributed by atoms with Gasteiger partial charge < -0.3 is 9.88 Å². The van der Waals surface area contributed by atoms with Crippen LogP contribution in [0.2, 0.25) is 5.02 Å². The Morgan fingerprint density at radius 1 is 1.06 bits per heavy atom. The second kappa shape index (κ2) is 8.39. The summed E-state index contributed by atoms with van der Waals surface area (Å²) in [6, 6.07) is 13.6. The van der Waals surface area contributed by atoms with Gasteiger partial charge in [0.05, 0.1) is 4.90 Å². The number of carbonyl (C=O) groups excluding carboxylic acids is 1. The molecular weight excluding hydrogens is 446 g/mol. The summed E-state index contributed by atoms with van der Waals surface area (Å²) in [7, 11) is -3.75. The van der Waals surface area contributed by atoms with Gasteiger partial charge in [0, 0.05) is 47.3 Å². The van der Waals surface area contributed by atoms with E-state index in [0.29, 0.717) is 37.5 Å². The van der Waals surface area contributed by atoms with Crippen molar-refractivity contribution in [1.82, 2.24) is 14.2 Å². The molecule has 2 aromatic carbocycles. The number of hydrogen-bond donors (Lipinski definition) is 1. The highest BCUT2D eigenvalue weighted by atomic mass is 35.5. The molecule has 0 radical (unpaired) electrons. The van der Waals surface area contributed by atoms with Gasteiger partial charge in [-0.1, -0.05) is 35.9 Å². The minimum atomic E-state index is -3.75. The molecule has 1 aromatic heterocycles. The number of nitrogens with zero attached hydrogens (tertiary/aromatic N) is 2. The van der Waals surface area contributed by atoms with E-state index < -0.39 is 16.1 Å². The van der Waals surface area contributed by atoms with Gasteiger partial charge in [-0.2, -0.15) is 4.31 Å². The van der Waals surface area contributed by atoms with Gasteiger partial charge in [0.1, 0.15) is 6.04 Å². The highest BCUT2D eigenvalue weighted by Crippen LogP contribution is 2.31. The van der Waals surface area contributed by atoms with Crippen LogP contribution in [0.1, 0.15) is 24.8 Å². The number of rotatable bonds is 4. The lowest BCUT2D eigenvalue weighted by atomic mass is 9.98. The first kappa shape index (κ1) is 21.2. The van der Waals surface area contributed by atoms with Gasteiger partial charge >= 0.3 is 0 Å². The average Bonchev–Trinajstić information content (AvgIpc) is 3.47. The van der Waals surface area contributed by atoms with Gasteiger partial charge in [0.15, 0.2) is 0 Å². The molecule has 0 aliphatic carbocycles. The van der Waals surface area contributed by atoms with Gasteiger partial charge in [-0.3, -0.25) is 4.79 Å². The van der Waals surface area contributed by atoms with E-state index in [9.17, 15) is 13.2 Å². The SMILES string of the molecule is O=C(C1CCCN1S(=O)(=O)c1ccc(Cl)cc1)N1CC=C(c2c[nH]c3ccccc23)CC1. The van der Waals surface area contributed by atoms with Crippen molar-refractivity contribution in [3.8, 4) is 0 Å². The Morgan fingerprint density at radius 2 is 1.84 bits per heavy atom. The van der Waals surface area contributed by atoms with E-state index in [1.807, 2.05) is 24.4 Å². The molecular formula is C24H24ClN3O3S. The minimum Gasteiger partial charge on any atom is -0.361 e. The lowest BCUT2D eigenvalue weighted by Crippen LogP contribution is -2.48. The summed E-state index contributed by atoms with van der Waals surface area (Å²) in [5.74, 6) is -0.116. The van der Waals surface area contributed by atoms with Crippen LogP contribution in [0.15, 0.2) is 65.7 Å². The number of benzene rings is 2. The Hall–Kier alpha value is -2.61. The molecule has 0 saturated carbocycles. The van der Waals surface area contributed by atoms with Crippen molar-refractivity contribution in [2.45, 2.75) is 30.2 Å². The second-order valence-corrected chi connectivity index (χ2v) is 10.6. The average molecular weight is 470 g/mol. The van der Waals surface area contributed by atoms with Crippen molar-refractivity contribution < 1.29 is 13.2 Å². The number of aromatic nitrogens is 1. The predicted molar refractivity (Wildman–Crippen MR) is 126 cm³/mol.